The zero-order valence-electron chi connectivity index (χ0n) is 17.2. The molecule has 4 aromatic heterocycles. The molecule has 0 atom stereocenters. The summed E-state index contributed by atoms with van der Waals surface area (Å²) < 4.78 is 0. The molecule has 0 aliphatic rings. The summed E-state index contributed by atoms with van der Waals surface area (Å²) in [6.07, 6.45) is 3.39. The summed E-state index contributed by atoms with van der Waals surface area (Å²) in [5.74, 6) is -1.48. The molecule has 0 aliphatic carbocycles. The molecule has 8 heteroatoms. The molecule has 0 amide bonds. The van der Waals surface area contributed by atoms with Gasteiger partial charge in [0.25, 0.3) is 0 Å². The molecule has 0 fully saturated rings. The predicted molar refractivity (Wildman–Crippen MR) is 135 cm³/mol. The molecule has 0 saturated carbocycles. The predicted octanol–water partition coefficient (Wildman–Crippen LogP) is 7.75. The lowest BCUT2D eigenvalue weighted by molar-refractivity contribution is -0.138. The molecule has 4 nitrogen and oxygen atoms in total. The highest BCUT2D eigenvalue weighted by molar-refractivity contribution is 7.21. The molecule has 0 aliphatic heterocycles. The Morgan fingerprint density at radius 3 is 1.50 bits per heavy atom. The molecular weight excluding hydrogens is 481 g/mol. The van der Waals surface area contributed by atoms with E-state index in [1.165, 1.54) is 40.4 Å². The van der Waals surface area contributed by atoms with E-state index in [9.17, 15) is 9.59 Å². The van der Waals surface area contributed by atoms with Gasteiger partial charge in [-0.05, 0) is 62.1 Å². The number of carbonyl (C=O) groups is 2. The summed E-state index contributed by atoms with van der Waals surface area (Å²) in [4.78, 5) is 28.8. The molecule has 32 heavy (non-hydrogen) atoms. The minimum absolute atomic E-state index is 0.213. The molecule has 4 aromatic rings. The summed E-state index contributed by atoms with van der Waals surface area (Å²) >= 11 is 6.97. The lowest BCUT2D eigenvalue weighted by atomic mass is 10.2. The van der Waals surface area contributed by atoms with E-state index in [1.807, 2.05) is 0 Å². The molecule has 0 aromatic carbocycles. The third kappa shape index (κ3) is 5.95. The summed E-state index contributed by atoms with van der Waals surface area (Å²) in [6.45, 7) is 0. The van der Waals surface area contributed by atoms with Crippen molar-refractivity contribution in [1.82, 2.24) is 0 Å². The molecular formula is C24H22O4S4. The summed E-state index contributed by atoms with van der Waals surface area (Å²) in [5.41, 5.74) is 2.43. The Morgan fingerprint density at radius 2 is 1.09 bits per heavy atom. The smallest absolute Gasteiger partial charge is 0.303 e. The molecule has 0 bridgehead atoms. The highest BCUT2D eigenvalue weighted by Gasteiger charge is 2.12. The lowest BCUT2D eigenvalue weighted by Gasteiger charge is -1.94. The van der Waals surface area contributed by atoms with Gasteiger partial charge in [-0.1, -0.05) is 0 Å². The SMILES string of the molecule is O=C(O)CCCc1ccc(-c2csc(-c3cc(-c4ccc(CCCC(=O)O)s4)cs3)c2)s1. The molecule has 0 saturated heterocycles. The van der Waals surface area contributed by atoms with E-state index >= 15 is 0 Å². The van der Waals surface area contributed by atoms with Crippen LogP contribution in [0.1, 0.15) is 35.4 Å². The Hall–Kier alpha value is -2.26. The monoisotopic (exact) mass is 502 g/mol. The van der Waals surface area contributed by atoms with Crippen LogP contribution in [0.5, 0.6) is 0 Å². The third-order valence-electron chi connectivity index (χ3n) is 4.96. The zero-order chi connectivity index (χ0) is 22.5. The Balaban J connectivity index is 1.40. The third-order valence-corrected chi connectivity index (χ3v) is 9.41. The van der Waals surface area contributed by atoms with Gasteiger partial charge in [0, 0.05) is 64.0 Å². The van der Waals surface area contributed by atoms with E-state index in [2.05, 4.69) is 47.2 Å². The number of rotatable bonds is 11. The second-order valence-corrected chi connectivity index (χ2v) is 11.6. The number of aliphatic carboxylic acids is 2. The number of hydrogen-bond acceptors (Lipinski definition) is 6. The highest BCUT2D eigenvalue weighted by Crippen LogP contribution is 2.41. The van der Waals surface area contributed by atoms with Gasteiger partial charge in [0.2, 0.25) is 0 Å². The fourth-order valence-corrected chi connectivity index (χ4v) is 7.50. The van der Waals surface area contributed by atoms with E-state index in [0.717, 1.165) is 12.8 Å². The van der Waals surface area contributed by atoms with Gasteiger partial charge in [-0.15, -0.1) is 45.3 Å². The maximum atomic E-state index is 10.7. The first-order valence-corrected chi connectivity index (χ1v) is 13.7. The van der Waals surface area contributed by atoms with Crippen molar-refractivity contribution < 1.29 is 19.8 Å². The van der Waals surface area contributed by atoms with Gasteiger partial charge in [0.05, 0.1) is 0 Å². The Labute approximate surface area is 202 Å². The molecule has 166 valence electrons. The first kappa shape index (κ1) is 22.9. The van der Waals surface area contributed by atoms with Crippen molar-refractivity contribution in [3.63, 3.8) is 0 Å². The standard InChI is InChI=1S/C24H22O4S4/c25-23(26)5-1-3-17-7-9-19(31-17)15-11-21(29-13-15)22-12-16(14-30-22)20-10-8-18(32-20)4-2-6-24(27)28/h7-14H,1-6H2,(H,25,26)(H,27,28). The van der Waals surface area contributed by atoms with Gasteiger partial charge < -0.3 is 10.2 Å². The topological polar surface area (TPSA) is 74.6 Å². The van der Waals surface area contributed by atoms with Gasteiger partial charge >= 0.3 is 11.9 Å². The van der Waals surface area contributed by atoms with Crippen LogP contribution in [0.4, 0.5) is 0 Å². The molecule has 0 spiro atoms. The molecule has 0 unspecified atom stereocenters. The van der Waals surface area contributed by atoms with Crippen LogP contribution < -0.4 is 0 Å². The second kappa shape index (κ2) is 10.6. The minimum atomic E-state index is -0.739. The number of thiophene rings is 4. The van der Waals surface area contributed by atoms with Crippen molar-refractivity contribution in [2.45, 2.75) is 38.5 Å². The van der Waals surface area contributed by atoms with E-state index in [-0.39, 0.29) is 12.8 Å². The molecule has 4 heterocycles. The Bertz CT molecular complexity index is 1120. The maximum Gasteiger partial charge on any atom is 0.303 e. The van der Waals surface area contributed by atoms with Gasteiger partial charge in [0.15, 0.2) is 0 Å². The van der Waals surface area contributed by atoms with Crippen molar-refractivity contribution in [3.05, 3.63) is 56.9 Å². The molecule has 0 radical (unpaired) electrons. The van der Waals surface area contributed by atoms with E-state index < -0.39 is 11.9 Å². The van der Waals surface area contributed by atoms with Crippen LogP contribution in [0.2, 0.25) is 0 Å². The first-order valence-electron chi connectivity index (χ1n) is 10.3. The second-order valence-electron chi connectivity index (χ2n) is 7.43. The van der Waals surface area contributed by atoms with Crippen LogP contribution >= 0.6 is 45.3 Å². The van der Waals surface area contributed by atoms with Crippen LogP contribution in [-0.4, -0.2) is 22.2 Å². The van der Waals surface area contributed by atoms with Crippen LogP contribution in [0.15, 0.2) is 47.2 Å². The first-order chi connectivity index (χ1) is 15.5. The normalized spacial score (nSPS) is 11.1. The summed E-state index contributed by atoms with van der Waals surface area (Å²) in [5, 5.41) is 22.0. The fourth-order valence-electron chi connectivity index (χ4n) is 3.35. The lowest BCUT2D eigenvalue weighted by Crippen LogP contribution is -1.94. The molecule has 2 N–H and O–H groups in total. The average molecular weight is 503 g/mol. The van der Waals surface area contributed by atoms with Gasteiger partial charge in [-0.25, -0.2) is 0 Å². The summed E-state index contributed by atoms with van der Waals surface area (Å²) in [6, 6.07) is 12.9. The quantitative estimate of drug-likeness (QED) is 0.220. The van der Waals surface area contributed by atoms with Crippen molar-refractivity contribution in [2.75, 3.05) is 0 Å². The Kier molecular flexibility index (Phi) is 7.57. The van der Waals surface area contributed by atoms with Crippen LogP contribution in [-0.2, 0) is 22.4 Å². The van der Waals surface area contributed by atoms with Crippen molar-refractivity contribution in [3.8, 4) is 30.6 Å². The van der Waals surface area contributed by atoms with Crippen molar-refractivity contribution in [2.24, 2.45) is 0 Å². The van der Waals surface area contributed by atoms with Crippen LogP contribution in [0.3, 0.4) is 0 Å². The van der Waals surface area contributed by atoms with Crippen molar-refractivity contribution >= 4 is 57.3 Å². The highest BCUT2D eigenvalue weighted by atomic mass is 32.1. The van der Waals surface area contributed by atoms with E-state index in [4.69, 9.17) is 10.2 Å². The van der Waals surface area contributed by atoms with Crippen molar-refractivity contribution in [1.29, 1.82) is 0 Å². The van der Waals surface area contributed by atoms with Gasteiger partial charge in [0.1, 0.15) is 0 Å². The Morgan fingerprint density at radius 1 is 0.656 bits per heavy atom. The van der Waals surface area contributed by atoms with Gasteiger partial charge in [-0.3, -0.25) is 9.59 Å². The largest absolute Gasteiger partial charge is 0.481 e. The minimum Gasteiger partial charge on any atom is -0.481 e. The molecule has 4 rings (SSSR count). The number of carboxylic acid groups (broad SMARTS) is 2. The number of aryl methyl sites for hydroxylation is 2. The maximum absolute atomic E-state index is 10.7. The van der Waals surface area contributed by atoms with E-state index in [1.54, 1.807) is 45.3 Å². The van der Waals surface area contributed by atoms with Gasteiger partial charge in [-0.2, -0.15) is 0 Å². The van der Waals surface area contributed by atoms with E-state index in [0.29, 0.717) is 12.8 Å². The van der Waals surface area contributed by atoms with Crippen LogP contribution in [0.25, 0.3) is 30.6 Å². The number of hydrogen-bond donors (Lipinski definition) is 2. The fraction of sp³-hybridized carbons (Fsp3) is 0.250. The zero-order valence-corrected chi connectivity index (χ0v) is 20.5. The number of carboxylic acids is 2. The van der Waals surface area contributed by atoms with Crippen LogP contribution in [0, 0.1) is 0 Å². The summed E-state index contributed by atoms with van der Waals surface area (Å²) in [7, 11) is 0. The average Bonchev–Trinajstić information content (AvgIpc) is 3.52.